The Labute approximate surface area is 146 Å². The van der Waals surface area contributed by atoms with Gasteiger partial charge in [0, 0.05) is 37.4 Å². The molecule has 3 heterocycles. The molecule has 0 aromatic heterocycles. The van der Waals surface area contributed by atoms with E-state index in [9.17, 15) is 4.79 Å². The summed E-state index contributed by atoms with van der Waals surface area (Å²) < 4.78 is 17.3. The number of rotatable bonds is 3. The lowest BCUT2D eigenvalue weighted by Gasteiger charge is -2.47. The van der Waals surface area contributed by atoms with Gasteiger partial charge in [0.25, 0.3) is 5.91 Å². The zero-order valence-electron chi connectivity index (χ0n) is 14.0. The summed E-state index contributed by atoms with van der Waals surface area (Å²) in [5.41, 5.74) is 0.679. The van der Waals surface area contributed by atoms with Crippen molar-refractivity contribution < 1.29 is 19.0 Å². The van der Waals surface area contributed by atoms with Crippen LogP contribution in [0.3, 0.4) is 0 Å². The lowest BCUT2D eigenvalue weighted by molar-refractivity contribution is 0.0359. The Morgan fingerprint density at radius 1 is 1.33 bits per heavy atom. The molecule has 5 nitrogen and oxygen atoms in total. The predicted molar refractivity (Wildman–Crippen MR) is 93.2 cm³/mol. The van der Waals surface area contributed by atoms with Gasteiger partial charge in [0.1, 0.15) is 0 Å². The maximum absolute atomic E-state index is 12.7. The van der Waals surface area contributed by atoms with Crippen LogP contribution >= 0.6 is 11.8 Å². The van der Waals surface area contributed by atoms with Crippen LogP contribution in [0.4, 0.5) is 0 Å². The van der Waals surface area contributed by atoms with Gasteiger partial charge in [-0.25, -0.2) is 0 Å². The Morgan fingerprint density at radius 3 is 2.92 bits per heavy atom. The second kappa shape index (κ2) is 6.48. The Bertz CT molecular complexity index is 629. The van der Waals surface area contributed by atoms with E-state index < -0.39 is 0 Å². The highest BCUT2D eigenvalue weighted by atomic mass is 32.2. The highest BCUT2D eigenvalue weighted by Crippen LogP contribution is 2.46. The van der Waals surface area contributed by atoms with Crippen LogP contribution in [-0.4, -0.2) is 60.3 Å². The summed E-state index contributed by atoms with van der Waals surface area (Å²) in [6.07, 6.45) is 2.26. The summed E-state index contributed by atoms with van der Waals surface area (Å²) in [4.78, 5) is 14.7. The summed E-state index contributed by atoms with van der Waals surface area (Å²) in [5, 5.41) is 0. The second-order valence-electron chi connectivity index (χ2n) is 6.65. The number of carbonyl (C=O) groups is 1. The summed E-state index contributed by atoms with van der Waals surface area (Å²) in [7, 11) is 0. The molecule has 1 atom stereocenters. The normalized spacial score (nSPS) is 24.5. The number of thioether (sulfide) groups is 1. The monoisotopic (exact) mass is 349 g/mol. The average Bonchev–Trinajstić information content (AvgIpc) is 2.84. The third kappa shape index (κ3) is 2.97. The van der Waals surface area contributed by atoms with Gasteiger partial charge in [-0.05, 0) is 31.5 Å². The Hall–Kier alpha value is -1.40. The molecule has 1 aromatic carbocycles. The van der Waals surface area contributed by atoms with Gasteiger partial charge in [0.05, 0.1) is 24.1 Å². The molecule has 3 aliphatic heterocycles. The van der Waals surface area contributed by atoms with Crippen LogP contribution in [0.5, 0.6) is 11.5 Å². The summed E-state index contributed by atoms with van der Waals surface area (Å²) in [5.74, 6) is 2.53. The third-order valence-corrected chi connectivity index (χ3v) is 6.39. The first-order chi connectivity index (χ1) is 11.7. The molecule has 1 aromatic rings. The molecule has 6 heteroatoms. The third-order valence-electron chi connectivity index (χ3n) is 4.82. The van der Waals surface area contributed by atoms with Crippen molar-refractivity contribution in [2.24, 2.45) is 0 Å². The quantitative estimate of drug-likeness (QED) is 0.839. The first-order valence-corrected chi connectivity index (χ1v) is 9.62. The van der Waals surface area contributed by atoms with Crippen molar-refractivity contribution in [2.75, 3.05) is 38.7 Å². The average molecular weight is 349 g/mol. The van der Waals surface area contributed by atoms with E-state index in [2.05, 4.69) is 0 Å². The molecular formula is C18H23NO4S. The molecule has 2 saturated heterocycles. The zero-order valence-corrected chi connectivity index (χ0v) is 14.8. The fraction of sp³-hybridized carbons (Fsp3) is 0.611. The van der Waals surface area contributed by atoms with Crippen LogP contribution in [0.25, 0.3) is 0 Å². The van der Waals surface area contributed by atoms with Crippen molar-refractivity contribution in [1.82, 2.24) is 4.90 Å². The second-order valence-corrected chi connectivity index (χ2v) is 8.14. The standard InChI is InChI=1S/C18H23NO4S/c1-2-21-14-9-18(24-10-14)11-19(12-18)17(20)13-4-5-15-16(8-13)23-7-3-6-22-15/h4-5,8,14H,2-3,6-7,9-12H2,1H3/t14-/m1/s1. The number of benzene rings is 1. The number of carbonyl (C=O) groups excluding carboxylic acids is 1. The van der Waals surface area contributed by atoms with E-state index in [1.54, 1.807) is 0 Å². The number of amides is 1. The minimum Gasteiger partial charge on any atom is -0.490 e. The fourth-order valence-corrected chi connectivity index (χ4v) is 5.19. The van der Waals surface area contributed by atoms with Crippen molar-refractivity contribution in [3.63, 3.8) is 0 Å². The molecule has 4 rings (SSSR count). The Morgan fingerprint density at radius 2 is 2.12 bits per heavy atom. The van der Waals surface area contributed by atoms with Crippen LogP contribution in [0.2, 0.25) is 0 Å². The van der Waals surface area contributed by atoms with Crippen LogP contribution in [0.15, 0.2) is 18.2 Å². The van der Waals surface area contributed by atoms with Gasteiger partial charge in [0.15, 0.2) is 11.5 Å². The van der Waals surface area contributed by atoms with Crippen molar-refractivity contribution in [1.29, 1.82) is 0 Å². The van der Waals surface area contributed by atoms with Crippen LogP contribution in [0, 0.1) is 0 Å². The summed E-state index contributed by atoms with van der Waals surface area (Å²) in [6, 6.07) is 5.50. The lowest BCUT2D eigenvalue weighted by Crippen LogP contribution is -2.60. The molecule has 2 fully saturated rings. The van der Waals surface area contributed by atoms with Gasteiger partial charge in [-0.2, -0.15) is 0 Å². The molecule has 1 amide bonds. The SMILES string of the molecule is CCO[C@H]1CSC2(C1)CN(C(=O)c1ccc3c(c1)OCCCO3)C2. The molecule has 1 spiro atoms. The van der Waals surface area contributed by atoms with E-state index in [1.807, 2.05) is 41.8 Å². The van der Waals surface area contributed by atoms with E-state index in [-0.39, 0.29) is 10.7 Å². The molecule has 0 aliphatic carbocycles. The van der Waals surface area contributed by atoms with E-state index in [4.69, 9.17) is 14.2 Å². The first kappa shape index (κ1) is 16.1. The minimum absolute atomic E-state index is 0.0803. The van der Waals surface area contributed by atoms with Crippen LogP contribution in [0.1, 0.15) is 30.1 Å². The van der Waals surface area contributed by atoms with Gasteiger partial charge in [-0.15, -0.1) is 11.8 Å². The van der Waals surface area contributed by atoms with Crippen LogP contribution in [-0.2, 0) is 4.74 Å². The van der Waals surface area contributed by atoms with Crippen LogP contribution < -0.4 is 9.47 Å². The number of nitrogens with zero attached hydrogens (tertiary/aromatic N) is 1. The van der Waals surface area contributed by atoms with Crippen molar-refractivity contribution in [2.45, 2.75) is 30.6 Å². The number of ether oxygens (including phenoxy) is 3. The van der Waals surface area contributed by atoms with Crippen molar-refractivity contribution in [3.05, 3.63) is 23.8 Å². The highest BCUT2D eigenvalue weighted by molar-refractivity contribution is 8.01. The van der Waals surface area contributed by atoms with E-state index in [0.717, 1.165) is 44.0 Å². The number of hydrogen-bond acceptors (Lipinski definition) is 5. The number of hydrogen-bond donors (Lipinski definition) is 0. The maximum Gasteiger partial charge on any atom is 0.254 e. The molecule has 0 radical (unpaired) electrons. The molecule has 130 valence electrons. The molecule has 0 unspecified atom stereocenters. The summed E-state index contributed by atoms with van der Waals surface area (Å²) in [6.45, 7) is 5.72. The topological polar surface area (TPSA) is 48.0 Å². The maximum atomic E-state index is 12.7. The molecule has 0 N–H and O–H groups in total. The smallest absolute Gasteiger partial charge is 0.254 e. The zero-order chi connectivity index (χ0) is 16.6. The molecular weight excluding hydrogens is 326 g/mol. The number of likely N-dealkylation sites (tertiary alicyclic amines) is 1. The van der Waals surface area contributed by atoms with Crippen molar-refractivity contribution >= 4 is 17.7 Å². The minimum atomic E-state index is 0.0803. The Kier molecular flexibility index (Phi) is 4.35. The summed E-state index contributed by atoms with van der Waals surface area (Å²) >= 11 is 1.96. The van der Waals surface area contributed by atoms with E-state index >= 15 is 0 Å². The van der Waals surface area contributed by atoms with Gasteiger partial charge in [-0.1, -0.05) is 0 Å². The first-order valence-electron chi connectivity index (χ1n) is 8.64. The van der Waals surface area contributed by atoms with Gasteiger partial charge < -0.3 is 19.1 Å². The Balaban J connectivity index is 1.40. The predicted octanol–water partition coefficient (Wildman–Crippen LogP) is 2.58. The largest absolute Gasteiger partial charge is 0.490 e. The lowest BCUT2D eigenvalue weighted by atomic mass is 9.92. The molecule has 0 bridgehead atoms. The van der Waals surface area contributed by atoms with Crippen molar-refractivity contribution in [3.8, 4) is 11.5 Å². The van der Waals surface area contributed by atoms with E-state index in [0.29, 0.717) is 30.6 Å². The molecule has 24 heavy (non-hydrogen) atoms. The van der Waals surface area contributed by atoms with Gasteiger partial charge in [-0.3, -0.25) is 4.79 Å². The number of fused-ring (bicyclic) bond motifs is 1. The van der Waals surface area contributed by atoms with Gasteiger partial charge >= 0.3 is 0 Å². The highest BCUT2D eigenvalue weighted by Gasteiger charge is 2.50. The molecule has 3 aliphatic rings. The fourth-order valence-electron chi connectivity index (χ4n) is 3.64. The molecule has 0 saturated carbocycles. The van der Waals surface area contributed by atoms with E-state index in [1.165, 1.54) is 0 Å². The van der Waals surface area contributed by atoms with Gasteiger partial charge in [0.2, 0.25) is 0 Å².